The molecule has 8 nitrogen and oxygen atoms in total. The Morgan fingerprint density at radius 1 is 0.933 bits per heavy atom. The summed E-state index contributed by atoms with van der Waals surface area (Å²) in [6.45, 7) is 5.42. The number of methoxy groups -OCH3 is 2. The summed E-state index contributed by atoms with van der Waals surface area (Å²) in [6, 6.07) is 12.7. The van der Waals surface area contributed by atoms with E-state index in [-0.39, 0.29) is 10.6 Å². The van der Waals surface area contributed by atoms with Gasteiger partial charge in [-0.25, -0.2) is 4.98 Å². The van der Waals surface area contributed by atoms with E-state index in [4.69, 9.17) is 9.47 Å². The number of piperazine rings is 1. The summed E-state index contributed by atoms with van der Waals surface area (Å²) in [7, 11) is 3.34. The number of anilines is 2. The van der Waals surface area contributed by atoms with Gasteiger partial charge in [-0.2, -0.15) is 0 Å². The van der Waals surface area contributed by atoms with Crippen LogP contribution in [0.15, 0.2) is 42.5 Å². The number of nitro groups is 1. The van der Waals surface area contributed by atoms with Crippen LogP contribution in [0.4, 0.5) is 17.2 Å². The number of aromatic amines is 1. The van der Waals surface area contributed by atoms with Crippen molar-refractivity contribution < 1.29 is 19.4 Å². The zero-order valence-electron chi connectivity index (χ0n) is 17.3. The second kappa shape index (κ2) is 8.06. The van der Waals surface area contributed by atoms with E-state index in [1.165, 1.54) is 0 Å². The average molecular weight is 409 g/mol. The molecule has 1 aliphatic rings. The minimum atomic E-state index is -0.372. The second-order valence-corrected chi connectivity index (χ2v) is 7.31. The Hall–Kier alpha value is -3.55. The van der Waals surface area contributed by atoms with E-state index in [0.29, 0.717) is 0 Å². The molecule has 0 unspecified atom stereocenters. The van der Waals surface area contributed by atoms with Crippen LogP contribution in [0.3, 0.4) is 0 Å². The van der Waals surface area contributed by atoms with Gasteiger partial charge in [0.25, 0.3) is 11.5 Å². The SMILES string of the molecule is COc1ccc(OC)c2c(C)cc(N3CCN(c4ccc([N+](=O)[O-])cc4)CC3)[nH+]c12. The average Bonchev–Trinajstić information content (AvgIpc) is 2.78. The van der Waals surface area contributed by atoms with Gasteiger partial charge < -0.3 is 14.4 Å². The molecule has 3 aromatic rings. The Balaban J connectivity index is 1.56. The van der Waals surface area contributed by atoms with Crippen molar-refractivity contribution in [1.82, 2.24) is 0 Å². The third kappa shape index (κ3) is 3.56. The number of hydrogen-bond acceptors (Lipinski definition) is 6. The van der Waals surface area contributed by atoms with E-state index in [1.807, 2.05) is 24.3 Å². The Bertz CT molecular complexity index is 1080. The van der Waals surface area contributed by atoms with E-state index >= 15 is 0 Å². The van der Waals surface area contributed by atoms with Crippen LogP contribution in [0.25, 0.3) is 10.9 Å². The van der Waals surface area contributed by atoms with Crippen molar-refractivity contribution in [2.75, 3.05) is 50.2 Å². The summed E-state index contributed by atoms with van der Waals surface area (Å²) in [5.41, 5.74) is 3.16. The predicted octanol–water partition coefficient (Wildman–Crippen LogP) is 3.21. The number of benzene rings is 2. The first-order chi connectivity index (χ1) is 14.5. The maximum absolute atomic E-state index is 10.9. The highest BCUT2D eigenvalue weighted by Crippen LogP contribution is 2.34. The zero-order chi connectivity index (χ0) is 21.3. The number of aromatic nitrogens is 1. The van der Waals surface area contributed by atoms with E-state index in [0.717, 1.165) is 65.6 Å². The van der Waals surface area contributed by atoms with Crippen LogP contribution in [0, 0.1) is 17.0 Å². The van der Waals surface area contributed by atoms with Crippen LogP contribution in [0.5, 0.6) is 11.5 Å². The molecular weight excluding hydrogens is 384 g/mol. The smallest absolute Gasteiger partial charge is 0.275 e. The molecule has 0 radical (unpaired) electrons. The van der Waals surface area contributed by atoms with Crippen molar-refractivity contribution in [3.8, 4) is 11.5 Å². The third-order valence-electron chi connectivity index (χ3n) is 5.62. The van der Waals surface area contributed by atoms with Gasteiger partial charge in [0.2, 0.25) is 0 Å². The molecule has 1 saturated heterocycles. The Kier molecular flexibility index (Phi) is 5.31. The standard InChI is InChI=1S/C22H24N4O4/c1-15-14-20(23-22-19(30-3)9-8-18(29-2)21(15)22)25-12-10-24(11-13-25)16-4-6-17(7-5-16)26(27)28/h4-9,14H,10-13H2,1-3H3/p+1. The number of pyridine rings is 1. The first-order valence-corrected chi connectivity index (χ1v) is 9.84. The molecule has 2 heterocycles. The Morgan fingerprint density at radius 3 is 2.13 bits per heavy atom. The molecule has 1 N–H and O–H groups in total. The number of rotatable bonds is 5. The summed E-state index contributed by atoms with van der Waals surface area (Å²) in [4.78, 5) is 18.6. The third-order valence-corrected chi connectivity index (χ3v) is 5.62. The second-order valence-electron chi connectivity index (χ2n) is 7.31. The van der Waals surface area contributed by atoms with Crippen LogP contribution < -0.4 is 24.3 Å². The molecule has 2 aromatic carbocycles. The predicted molar refractivity (Wildman–Crippen MR) is 116 cm³/mol. The van der Waals surface area contributed by atoms with Crippen LogP contribution >= 0.6 is 0 Å². The van der Waals surface area contributed by atoms with Gasteiger partial charge in [-0.3, -0.25) is 15.0 Å². The minimum Gasteiger partial charge on any atom is -0.496 e. The first-order valence-electron chi connectivity index (χ1n) is 9.84. The van der Waals surface area contributed by atoms with Crippen molar-refractivity contribution in [3.63, 3.8) is 0 Å². The fourth-order valence-corrected chi connectivity index (χ4v) is 4.02. The monoisotopic (exact) mass is 409 g/mol. The number of nitrogens with zero attached hydrogens (tertiary/aromatic N) is 3. The van der Waals surface area contributed by atoms with Crippen molar-refractivity contribution in [3.05, 3.63) is 58.1 Å². The van der Waals surface area contributed by atoms with Gasteiger partial charge in [-0.05, 0) is 36.8 Å². The molecule has 0 aliphatic carbocycles. The van der Waals surface area contributed by atoms with E-state index in [1.54, 1.807) is 26.4 Å². The molecule has 8 heteroatoms. The summed E-state index contributed by atoms with van der Waals surface area (Å²) < 4.78 is 11.1. The number of nitrogens with one attached hydrogen (secondary N) is 1. The van der Waals surface area contributed by atoms with E-state index < -0.39 is 0 Å². The molecule has 0 amide bonds. The Labute approximate surface area is 174 Å². The summed E-state index contributed by atoms with van der Waals surface area (Å²) in [5.74, 6) is 2.63. The highest BCUT2D eigenvalue weighted by atomic mass is 16.6. The first kappa shape index (κ1) is 19.8. The van der Waals surface area contributed by atoms with E-state index in [2.05, 4.69) is 27.8 Å². The van der Waals surface area contributed by atoms with Crippen LogP contribution in [0.1, 0.15) is 5.56 Å². The molecule has 1 aromatic heterocycles. The lowest BCUT2D eigenvalue weighted by Crippen LogP contribution is -2.48. The number of non-ortho nitro benzene ring substituents is 1. The molecule has 0 saturated carbocycles. The molecule has 1 aliphatic heterocycles. The van der Waals surface area contributed by atoms with Crippen molar-refractivity contribution in [1.29, 1.82) is 0 Å². The van der Waals surface area contributed by atoms with Gasteiger partial charge in [0.15, 0.2) is 11.3 Å². The number of ether oxygens (including phenoxy) is 2. The normalized spacial score (nSPS) is 14.1. The maximum Gasteiger partial charge on any atom is 0.275 e. The van der Waals surface area contributed by atoms with Gasteiger partial charge in [-0.1, -0.05) is 0 Å². The topological polar surface area (TPSA) is 82.2 Å². The zero-order valence-corrected chi connectivity index (χ0v) is 17.3. The highest BCUT2D eigenvalue weighted by Gasteiger charge is 2.26. The molecule has 30 heavy (non-hydrogen) atoms. The van der Waals surface area contributed by atoms with Crippen LogP contribution in [-0.4, -0.2) is 45.3 Å². The van der Waals surface area contributed by atoms with Gasteiger partial charge in [-0.15, -0.1) is 0 Å². The van der Waals surface area contributed by atoms with Gasteiger partial charge in [0.1, 0.15) is 18.8 Å². The lowest BCUT2D eigenvalue weighted by molar-refractivity contribution is -0.384. The van der Waals surface area contributed by atoms with Crippen molar-refractivity contribution in [2.45, 2.75) is 6.92 Å². The summed E-state index contributed by atoms with van der Waals surface area (Å²) in [5, 5.41) is 11.9. The molecule has 0 bridgehead atoms. The molecule has 4 rings (SSSR count). The number of fused-ring (bicyclic) bond motifs is 1. The molecule has 1 fully saturated rings. The number of H-pyrrole nitrogens is 1. The van der Waals surface area contributed by atoms with Crippen LogP contribution in [0.2, 0.25) is 0 Å². The minimum absolute atomic E-state index is 0.114. The molecule has 0 spiro atoms. The Morgan fingerprint density at radius 2 is 1.53 bits per heavy atom. The lowest BCUT2D eigenvalue weighted by Gasteiger charge is -2.32. The maximum atomic E-state index is 10.9. The number of hydrogen-bond donors (Lipinski definition) is 0. The van der Waals surface area contributed by atoms with Crippen molar-refractivity contribution in [2.24, 2.45) is 0 Å². The van der Waals surface area contributed by atoms with Crippen molar-refractivity contribution >= 4 is 28.1 Å². The lowest BCUT2D eigenvalue weighted by atomic mass is 10.1. The quantitative estimate of drug-likeness (QED) is 0.475. The van der Waals surface area contributed by atoms with Gasteiger partial charge in [0, 0.05) is 23.9 Å². The number of aryl methyl sites for hydroxylation is 1. The molecule has 0 atom stereocenters. The number of nitro benzene ring substituents is 1. The fraction of sp³-hybridized carbons (Fsp3) is 0.318. The summed E-state index contributed by atoms with van der Waals surface area (Å²) >= 11 is 0. The fourth-order valence-electron chi connectivity index (χ4n) is 4.02. The van der Waals surface area contributed by atoms with Crippen LogP contribution in [-0.2, 0) is 0 Å². The largest absolute Gasteiger partial charge is 0.496 e. The van der Waals surface area contributed by atoms with Gasteiger partial charge >= 0.3 is 0 Å². The summed E-state index contributed by atoms with van der Waals surface area (Å²) in [6.07, 6.45) is 0. The van der Waals surface area contributed by atoms with E-state index in [9.17, 15) is 10.1 Å². The highest BCUT2D eigenvalue weighted by molar-refractivity contribution is 5.91. The molecular formula is C22H25N4O4+. The molecule has 156 valence electrons. The van der Waals surface area contributed by atoms with Gasteiger partial charge in [0.05, 0.1) is 37.6 Å².